The van der Waals surface area contributed by atoms with Crippen molar-refractivity contribution in [1.82, 2.24) is 4.90 Å². The van der Waals surface area contributed by atoms with Crippen LogP contribution in [0.15, 0.2) is 15.9 Å². The molecule has 92 valence electrons. The molecular formula is C11H18BrClN2S. The first-order valence-corrected chi connectivity index (χ1v) is 7.04. The molecule has 1 aromatic rings. The first-order chi connectivity index (χ1) is 7.20. The molecule has 2 unspecified atom stereocenters. The normalized spacial score (nSPS) is 25.7. The van der Waals surface area contributed by atoms with Gasteiger partial charge in [-0.05, 0) is 53.2 Å². The molecule has 1 fully saturated rings. The third-order valence-corrected chi connectivity index (χ3v) is 5.07. The molecule has 1 aromatic heterocycles. The van der Waals surface area contributed by atoms with Crippen LogP contribution in [0.1, 0.15) is 18.2 Å². The number of nitrogens with two attached hydrogens (primary N) is 1. The number of nitrogens with zero attached hydrogens (tertiary/aromatic N) is 1. The SMILES string of the molecule is CC1CC(CN)CN1Cc1sccc1Br.Cl. The fraction of sp³-hybridized carbons (Fsp3) is 0.636. The number of hydrogen-bond acceptors (Lipinski definition) is 3. The fourth-order valence-corrected chi connectivity index (χ4v) is 3.73. The maximum atomic E-state index is 5.73. The predicted octanol–water partition coefficient (Wildman–Crippen LogP) is 3.10. The summed E-state index contributed by atoms with van der Waals surface area (Å²) in [5.41, 5.74) is 5.73. The molecule has 0 amide bonds. The lowest BCUT2D eigenvalue weighted by atomic mass is 10.1. The quantitative estimate of drug-likeness (QED) is 0.925. The van der Waals surface area contributed by atoms with Crippen molar-refractivity contribution in [3.8, 4) is 0 Å². The average Bonchev–Trinajstić information content (AvgIpc) is 2.76. The summed E-state index contributed by atoms with van der Waals surface area (Å²) in [5, 5.41) is 2.14. The zero-order valence-corrected chi connectivity index (χ0v) is 12.6. The lowest BCUT2D eigenvalue weighted by Gasteiger charge is -2.20. The number of thiophene rings is 1. The van der Waals surface area contributed by atoms with Gasteiger partial charge in [0.1, 0.15) is 0 Å². The van der Waals surface area contributed by atoms with Gasteiger partial charge >= 0.3 is 0 Å². The highest BCUT2D eigenvalue weighted by Gasteiger charge is 2.28. The van der Waals surface area contributed by atoms with Crippen LogP contribution in [-0.2, 0) is 6.54 Å². The fourth-order valence-electron chi connectivity index (χ4n) is 2.23. The molecule has 0 bridgehead atoms. The Morgan fingerprint density at radius 1 is 1.62 bits per heavy atom. The Morgan fingerprint density at radius 3 is 2.88 bits per heavy atom. The first kappa shape index (κ1) is 14.5. The van der Waals surface area contributed by atoms with E-state index in [0.717, 1.165) is 19.6 Å². The molecule has 0 aromatic carbocycles. The summed E-state index contributed by atoms with van der Waals surface area (Å²) in [4.78, 5) is 3.97. The minimum absolute atomic E-state index is 0. The number of hydrogen-bond donors (Lipinski definition) is 1. The van der Waals surface area contributed by atoms with Gasteiger partial charge in [-0.2, -0.15) is 0 Å². The van der Waals surface area contributed by atoms with Gasteiger partial charge in [0.05, 0.1) is 0 Å². The molecule has 2 N–H and O–H groups in total. The van der Waals surface area contributed by atoms with E-state index in [-0.39, 0.29) is 12.4 Å². The van der Waals surface area contributed by atoms with Crippen LogP contribution in [0.4, 0.5) is 0 Å². The minimum Gasteiger partial charge on any atom is -0.330 e. The van der Waals surface area contributed by atoms with Gasteiger partial charge in [0.15, 0.2) is 0 Å². The maximum Gasteiger partial charge on any atom is 0.0342 e. The molecule has 1 saturated heterocycles. The van der Waals surface area contributed by atoms with Gasteiger partial charge in [-0.3, -0.25) is 4.90 Å². The molecule has 2 rings (SSSR count). The average molecular weight is 326 g/mol. The van der Waals surface area contributed by atoms with Crippen molar-refractivity contribution >= 4 is 39.7 Å². The van der Waals surface area contributed by atoms with E-state index in [1.807, 2.05) is 11.3 Å². The molecule has 0 saturated carbocycles. The Hall–Kier alpha value is 0.390. The van der Waals surface area contributed by atoms with Crippen LogP contribution in [0.5, 0.6) is 0 Å². The Balaban J connectivity index is 0.00000128. The van der Waals surface area contributed by atoms with Crippen LogP contribution in [0.25, 0.3) is 0 Å². The van der Waals surface area contributed by atoms with Crippen molar-refractivity contribution in [2.75, 3.05) is 13.1 Å². The van der Waals surface area contributed by atoms with Crippen molar-refractivity contribution in [2.24, 2.45) is 11.7 Å². The first-order valence-electron chi connectivity index (χ1n) is 5.36. The van der Waals surface area contributed by atoms with Gasteiger partial charge in [-0.1, -0.05) is 0 Å². The minimum atomic E-state index is 0. The highest BCUT2D eigenvalue weighted by Crippen LogP contribution is 2.29. The molecule has 2 heterocycles. The van der Waals surface area contributed by atoms with Gasteiger partial charge in [-0.25, -0.2) is 0 Å². The topological polar surface area (TPSA) is 29.3 Å². The maximum absolute atomic E-state index is 5.73. The molecule has 0 aliphatic carbocycles. The van der Waals surface area contributed by atoms with Crippen LogP contribution in [0.2, 0.25) is 0 Å². The second kappa shape index (κ2) is 6.36. The third-order valence-electron chi connectivity index (χ3n) is 3.16. The number of halogens is 2. The van der Waals surface area contributed by atoms with Gasteiger partial charge < -0.3 is 5.73 Å². The zero-order chi connectivity index (χ0) is 10.8. The van der Waals surface area contributed by atoms with E-state index in [1.165, 1.54) is 15.8 Å². The third kappa shape index (κ3) is 3.20. The molecular weight excluding hydrogens is 308 g/mol. The Kier molecular flexibility index (Phi) is 5.74. The van der Waals surface area contributed by atoms with Crippen molar-refractivity contribution in [3.63, 3.8) is 0 Å². The second-order valence-electron chi connectivity index (χ2n) is 4.31. The van der Waals surface area contributed by atoms with Gasteiger partial charge in [-0.15, -0.1) is 23.7 Å². The lowest BCUT2D eigenvalue weighted by Crippen LogP contribution is -2.27. The number of likely N-dealkylation sites (tertiary alicyclic amines) is 1. The van der Waals surface area contributed by atoms with E-state index in [4.69, 9.17) is 5.73 Å². The molecule has 5 heteroatoms. The second-order valence-corrected chi connectivity index (χ2v) is 6.16. The summed E-state index contributed by atoms with van der Waals surface area (Å²) in [6.07, 6.45) is 1.25. The van der Waals surface area contributed by atoms with Gasteiger partial charge in [0.25, 0.3) is 0 Å². The van der Waals surface area contributed by atoms with E-state index >= 15 is 0 Å². The monoisotopic (exact) mass is 324 g/mol. The van der Waals surface area contributed by atoms with Crippen molar-refractivity contribution in [3.05, 3.63) is 20.8 Å². The molecule has 2 atom stereocenters. The smallest absolute Gasteiger partial charge is 0.0342 e. The van der Waals surface area contributed by atoms with E-state index in [0.29, 0.717) is 12.0 Å². The summed E-state index contributed by atoms with van der Waals surface area (Å²) in [6.45, 7) is 5.35. The van der Waals surface area contributed by atoms with Gasteiger partial charge in [0.2, 0.25) is 0 Å². The van der Waals surface area contributed by atoms with Crippen LogP contribution < -0.4 is 5.73 Å². The van der Waals surface area contributed by atoms with Crippen molar-refractivity contribution in [1.29, 1.82) is 0 Å². The van der Waals surface area contributed by atoms with Crippen LogP contribution in [0.3, 0.4) is 0 Å². The Morgan fingerprint density at radius 2 is 2.38 bits per heavy atom. The molecule has 1 aliphatic rings. The Bertz CT molecular complexity index is 332. The zero-order valence-electron chi connectivity index (χ0n) is 9.36. The molecule has 0 radical (unpaired) electrons. The van der Waals surface area contributed by atoms with E-state index in [2.05, 4.69) is 39.2 Å². The standard InChI is InChI=1S/C11H17BrN2S.ClH/c1-8-4-9(5-13)6-14(8)7-11-10(12)2-3-15-11;/h2-3,8-9H,4-7,13H2,1H3;1H. The summed E-state index contributed by atoms with van der Waals surface area (Å²) in [5.74, 6) is 0.693. The van der Waals surface area contributed by atoms with Crippen LogP contribution in [0, 0.1) is 5.92 Å². The summed E-state index contributed by atoms with van der Waals surface area (Å²) in [6, 6.07) is 2.80. The Labute approximate surface area is 116 Å². The largest absolute Gasteiger partial charge is 0.330 e. The lowest BCUT2D eigenvalue weighted by molar-refractivity contribution is 0.258. The number of rotatable bonds is 3. The summed E-state index contributed by atoms with van der Waals surface area (Å²) < 4.78 is 1.25. The molecule has 2 nitrogen and oxygen atoms in total. The van der Waals surface area contributed by atoms with E-state index < -0.39 is 0 Å². The molecule has 1 aliphatic heterocycles. The summed E-state index contributed by atoms with van der Waals surface area (Å²) in [7, 11) is 0. The predicted molar refractivity (Wildman–Crippen MR) is 76.3 cm³/mol. The highest BCUT2D eigenvalue weighted by molar-refractivity contribution is 9.10. The van der Waals surface area contributed by atoms with E-state index in [1.54, 1.807) is 0 Å². The molecule has 0 spiro atoms. The van der Waals surface area contributed by atoms with Crippen LogP contribution >= 0.6 is 39.7 Å². The summed E-state index contributed by atoms with van der Waals surface area (Å²) >= 11 is 5.41. The molecule has 16 heavy (non-hydrogen) atoms. The van der Waals surface area contributed by atoms with Crippen LogP contribution in [-0.4, -0.2) is 24.0 Å². The van der Waals surface area contributed by atoms with Crippen molar-refractivity contribution in [2.45, 2.75) is 25.9 Å². The van der Waals surface area contributed by atoms with E-state index in [9.17, 15) is 0 Å². The highest BCUT2D eigenvalue weighted by atomic mass is 79.9. The van der Waals surface area contributed by atoms with Gasteiger partial charge in [0, 0.05) is 28.5 Å². The van der Waals surface area contributed by atoms with Crippen molar-refractivity contribution < 1.29 is 0 Å².